The van der Waals surface area contributed by atoms with Crippen LogP contribution in [0.1, 0.15) is 310 Å². The van der Waals surface area contributed by atoms with Gasteiger partial charge in [0, 0.05) is 6.42 Å². The lowest BCUT2D eigenvalue weighted by Gasteiger charge is -2.41. The Bertz CT molecular complexity index is 1870. The third kappa shape index (κ3) is 51.5. The molecule has 0 aromatic rings. The molecule has 0 bridgehead atoms. The standard InChI is InChI=1S/C78H135NO10/c1-4-7-10-13-16-19-22-25-27-29-31-33-35-36-37-39-41-43-45-48-51-54-57-60-63-66-73(83)89-76-75(85)74(84)72(67-80)88-78(76)87-68-69(70(81)64-61-58-55-52-49-46-24-21-18-15-12-9-6-3)79-77(86)71(82)65-62-59-56-53-50-47-44-42-40-38-34-32-30-28-26-23-20-17-14-11-8-5-2/h16-17,19-20,25-28,31-34,36-37,40,42,61,64,69-72,74-76,78,80-82,84-85H,4-15,18,21-24,29-30,35,38-39,41,43-60,62-63,65-68H2,1-3H3,(H,79,86)/b19-16-,20-17-,27-25-,28-26-,33-31-,34-32-,37-36-,42-40-,64-61+. The molecule has 11 nitrogen and oxygen atoms in total. The first-order valence-electron chi connectivity index (χ1n) is 36.7. The molecule has 1 aliphatic rings. The van der Waals surface area contributed by atoms with Gasteiger partial charge >= 0.3 is 5.97 Å². The zero-order chi connectivity index (χ0) is 64.6. The van der Waals surface area contributed by atoms with Gasteiger partial charge in [0.2, 0.25) is 5.91 Å². The highest BCUT2D eigenvalue weighted by Gasteiger charge is 2.47. The van der Waals surface area contributed by atoms with E-state index in [1.54, 1.807) is 6.08 Å². The van der Waals surface area contributed by atoms with Crippen molar-refractivity contribution in [1.29, 1.82) is 0 Å². The Morgan fingerprint density at radius 3 is 1.18 bits per heavy atom. The lowest BCUT2D eigenvalue weighted by Crippen LogP contribution is -2.61. The summed E-state index contributed by atoms with van der Waals surface area (Å²) in [6.07, 6.45) is 78.2. The molecule has 1 fully saturated rings. The van der Waals surface area contributed by atoms with Crippen LogP contribution in [-0.4, -0.2) is 99.6 Å². The third-order valence-electron chi connectivity index (χ3n) is 16.6. The van der Waals surface area contributed by atoms with Crippen LogP contribution in [0.15, 0.2) is 109 Å². The molecule has 89 heavy (non-hydrogen) atoms. The predicted octanol–water partition coefficient (Wildman–Crippen LogP) is 19.2. The van der Waals surface area contributed by atoms with Crippen molar-refractivity contribution >= 4 is 11.9 Å². The van der Waals surface area contributed by atoms with Crippen molar-refractivity contribution in [2.45, 2.75) is 359 Å². The van der Waals surface area contributed by atoms with E-state index in [1.165, 1.54) is 135 Å². The first-order chi connectivity index (χ1) is 43.7. The molecule has 1 amide bonds. The number of aliphatic hydroxyl groups excluding tert-OH is 5. The number of hydrogen-bond acceptors (Lipinski definition) is 10. The lowest BCUT2D eigenvalue weighted by atomic mass is 9.99. The van der Waals surface area contributed by atoms with Gasteiger partial charge < -0.3 is 45.1 Å². The summed E-state index contributed by atoms with van der Waals surface area (Å²) in [4.78, 5) is 26.7. The van der Waals surface area contributed by atoms with E-state index in [1.807, 2.05) is 6.08 Å². The van der Waals surface area contributed by atoms with Gasteiger partial charge in [0.05, 0.1) is 25.4 Å². The minimum Gasteiger partial charge on any atom is -0.454 e. The molecule has 0 spiro atoms. The molecule has 1 saturated heterocycles. The maximum absolute atomic E-state index is 13.5. The number of esters is 1. The molecule has 0 aliphatic carbocycles. The normalized spacial score (nSPS) is 18.8. The molecule has 1 heterocycles. The van der Waals surface area contributed by atoms with Gasteiger partial charge in [-0.15, -0.1) is 0 Å². The first-order valence-corrected chi connectivity index (χ1v) is 36.7. The predicted molar refractivity (Wildman–Crippen MR) is 375 cm³/mol. The van der Waals surface area contributed by atoms with E-state index in [-0.39, 0.29) is 19.4 Å². The summed E-state index contributed by atoms with van der Waals surface area (Å²) >= 11 is 0. The average Bonchev–Trinajstić information content (AvgIpc) is 1.80. The Hall–Kier alpha value is -3.68. The molecule has 0 aromatic heterocycles. The van der Waals surface area contributed by atoms with E-state index in [2.05, 4.69) is 123 Å². The Morgan fingerprint density at radius 2 is 0.775 bits per heavy atom. The van der Waals surface area contributed by atoms with E-state index >= 15 is 0 Å². The molecular weight excluding hydrogens is 1110 g/mol. The summed E-state index contributed by atoms with van der Waals surface area (Å²) in [7, 11) is 0. The summed E-state index contributed by atoms with van der Waals surface area (Å²) < 4.78 is 17.7. The maximum atomic E-state index is 13.5. The van der Waals surface area contributed by atoms with Gasteiger partial charge in [-0.1, -0.05) is 297 Å². The average molecular weight is 1250 g/mol. The number of aliphatic hydroxyl groups is 5. The Kier molecular flexibility index (Phi) is 60.3. The SMILES string of the molecule is CCCCC/C=C\C/C=C\C/C=C\C/C=C\CCCCCCCCCCCC(=O)OC1C(OCC(NC(=O)C(O)CCCCCCCC/C=C\C/C=C\C/C=C\C/C=C\CCCCC)C(O)/C=C/CCCCCCCCCCCCC)OC(CO)C(O)C1O. The minimum atomic E-state index is -1.63. The van der Waals surface area contributed by atoms with Crippen molar-refractivity contribution in [3.05, 3.63) is 109 Å². The molecule has 0 radical (unpaired) electrons. The molecule has 8 atom stereocenters. The lowest BCUT2D eigenvalue weighted by molar-refractivity contribution is -0.305. The number of carbonyl (C=O) groups is 2. The van der Waals surface area contributed by atoms with Crippen LogP contribution < -0.4 is 5.32 Å². The van der Waals surface area contributed by atoms with Gasteiger partial charge in [-0.05, 0) is 116 Å². The first kappa shape index (κ1) is 83.3. The number of nitrogens with one attached hydrogen (secondary N) is 1. The fraction of sp³-hybridized carbons (Fsp3) is 0.744. The van der Waals surface area contributed by atoms with Gasteiger partial charge in [-0.3, -0.25) is 9.59 Å². The second-order valence-corrected chi connectivity index (χ2v) is 25.0. The van der Waals surface area contributed by atoms with Crippen molar-refractivity contribution in [3.8, 4) is 0 Å². The van der Waals surface area contributed by atoms with Crippen LogP contribution in [0.3, 0.4) is 0 Å². The van der Waals surface area contributed by atoms with E-state index in [0.29, 0.717) is 12.8 Å². The van der Waals surface area contributed by atoms with Gasteiger partial charge in [0.1, 0.15) is 24.4 Å². The number of allylic oxidation sites excluding steroid dienone is 17. The quantitative estimate of drug-likeness (QED) is 0.0195. The fourth-order valence-corrected chi connectivity index (χ4v) is 10.9. The minimum absolute atomic E-state index is 0.110. The molecule has 512 valence electrons. The Morgan fingerprint density at radius 1 is 0.438 bits per heavy atom. The summed E-state index contributed by atoms with van der Waals surface area (Å²) in [5.41, 5.74) is 0. The van der Waals surface area contributed by atoms with Crippen molar-refractivity contribution in [2.75, 3.05) is 13.2 Å². The van der Waals surface area contributed by atoms with Crippen LogP contribution in [0.5, 0.6) is 0 Å². The summed E-state index contributed by atoms with van der Waals surface area (Å²) in [6.45, 7) is 5.75. The number of amides is 1. The van der Waals surface area contributed by atoms with Gasteiger partial charge in [-0.2, -0.15) is 0 Å². The van der Waals surface area contributed by atoms with E-state index < -0.39 is 67.4 Å². The molecule has 1 rings (SSSR count). The van der Waals surface area contributed by atoms with Crippen LogP contribution in [0, 0.1) is 0 Å². The molecule has 1 aliphatic heterocycles. The van der Waals surface area contributed by atoms with E-state index in [9.17, 15) is 35.1 Å². The second kappa shape index (κ2) is 64.4. The molecule has 6 N–H and O–H groups in total. The van der Waals surface area contributed by atoms with Crippen molar-refractivity contribution in [2.24, 2.45) is 0 Å². The maximum Gasteiger partial charge on any atom is 0.306 e. The van der Waals surface area contributed by atoms with Gasteiger partial charge in [0.15, 0.2) is 12.4 Å². The summed E-state index contributed by atoms with van der Waals surface area (Å²) in [5.74, 6) is -1.21. The highest BCUT2D eigenvalue weighted by molar-refractivity contribution is 5.80. The summed E-state index contributed by atoms with van der Waals surface area (Å²) in [5, 5.41) is 57.3. The number of ether oxygens (including phenoxy) is 3. The van der Waals surface area contributed by atoms with Crippen LogP contribution in [0.2, 0.25) is 0 Å². The molecule has 0 saturated carbocycles. The van der Waals surface area contributed by atoms with Crippen molar-refractivity contribution in [3.63, 3.8) is 0 Å². The van der Waals surface area contributed by atoms with Crippen LogP contribution in [0.25, 0.3) is 0 Å². The van der Waals surface area contributed by atoms with Crippen LogP contribution >= 0.6 is 0 Å². The monoisotopic (exact) mass is 1250 g/mol. The number of carbonyl (C=O) groups excluding carboxylic acids is 2. The smallest absolute Gasteiger partial charge is 0.306 e. The summed E-state index contributed by atoms with van der Waals surface area (Å²) in [6, 6.07) is -1.04. The zero-order valence-corrected chi connectivity index (χ0v) is 57.0. The Labute approximate surface area is 545 Å². The number of unbranched alkanes of at least 4 members (excludes halogenated alkanes) is 32. The van der Waals surface area contributed by atoms with Gasteiger partial charge in [0.25, 0.3) is 0 Å². The molecule has 0 aromatic carbocycles. The van der Waals surface area contributed by atoms with E-state index in [0.717, 1.165) is 128 Å². The second-order valence-electron chi connectivity index (χ2n) is 25.0. The third-order valence-corrected chi connectivity index (χ3v) is 16.6. The number of rotatable bonds is 62. The van der Waals surface area contributed by atoms with Crippen molar-refractivity contribution in [1.82, 2.24) is 5.32 Å². The fourth-order valence-electron chi connectivity index (χ4n) is 10.9. The van der Waals surface area contributed by atoms with Crippen LogP contribution in [-0.2, 0) is 23.8 Å². The van der Waals surface area contributed by atoms with E-state index in [4.69, 9.17) is 14.2 Å². The molecule has 8 unspecified atom stereocenters. The highest BCUT2D eigenvalue weighted by Crippen LogP contribution is 2.26. The largest absolute Gasteiger partial charge is 0.454 e. The van der Waals surface area contributed by atoms with Crippen LogP contribution in [0.4, 0.5) is 0 Å². The highest BCUT2D eigenvalue weighted by atomic mass is 16.7. The topological polar surface area (TPSA) is 175 Å². The van der Waals surface area contributed by atoms with Crippen molar-refractivity contribution < 1.29 is 49.3 Å². The molecule has 11 heteroatoms. The zero-order valence-electron chi connectivity index (χ0n) is 57.0. The molecular formula is C78H135NO10. The Balaban J connectivity index is 2.60. The van der Waals surface area contributed by atoms with Gasteiger partial charge in [-0.25, -0.2) is 0 Å². The number of hydrogen-bond donors (Lipinski definition) is 6.